The summed E-state index contributed by atoms with van der Waals surface area (Å²) in [6.07, 6.45) is 2.81. The Kier molecular flexibility index (Phi) is 20.3. The summed E-state index contributed by atoms with van der Waals surface area (Å²) in [5.74, 6) is -0.608. The molecule has 0 saturated carbocycles. The Morgan fingerprint density at radius 1 is 0.711 bits per heavy atom. The van der Waals surface area contributed by atoms with Gasteiger partial charge in [0, 0.05) is 24.9 Å². The highest BCUT2D eigenvalue weighted by atomic mass is 16.6. The molecule has 1 rings (SSSR count). The molecule has 1 aromatic rings. The first-order valence-corrected chi connectivity index (χ1v) is 12.6. The maximum Gasteiger partial charge on any atom is 0.303 e. The van der Waals surface area contributed by atoms with Crippen LogP contribution in [-0.2, 0) is 33.3 Å². The third kappa shape index (κ3) is 18.4. The Morgan fingerprint density at radius 2 is 1.24 bits per heavy atom. The van der Waals surface area contributed by atoms with Crippen LogP contribution in [0.1, 0.15) is 46.4 Å². The summed E-state index contributed by atoms with van der Waals surface area (Å²) in [7, 11) is 0. The van der Waals surface area contributed by atoms with Crippen LogP contribution in [0.3, 0.4) is 0 Å². The summed E-state index contributed by atoms with van der Waals surface area (Å²) in [5, 5.41) is 11.3. The number of carboxylic acids is 1. The third-order valence-corrected chi connectivity index (χ3v) is 4.89. The van der Waals surface area contributed by atoms with E-state index >= 15 is 0 Å². The molecule has 0 fully saturated rings. The average Bonchev–Trinajstić information content (AvgIpc) is 2.92. The molecule has 1 aromatic carbocycles. The van der Waals surface area contributed by atoms with Crippen molar-refractivity contribution in [2.24, 2.45) is 0 Å². The van der Waals surface area contributed by atoms with E-state index in [1.807, 2.05) is 0 Å². The molecule has 0 aliphatic rings. The van der Waals surface area contributed by atoms with Gasteiger partial charge in [0.1, 0.15) is 18.6 Å². The highest BCUT2D eigenvalue weighted by Crippen LogP contribution is 2.18. The second-order valence-corrected chi connectivity index (χ2v) is 7.89. The molecule has 0 aliphatic carbocycles. The van der Waals surface area contributed by atoms with Gasteiger partial charge in [-0.3, -0.25) is 19.2 Å². The molecule has 2 N–H and O–H groups in total. The summed E-state index contributed by atoms with van der Waals surface area (Å²) < 4.78 is 32.5. The summed E-state index contributed by atoms with van der Waals surface area (Å²) >= 11 is 0. The zero-order valence-electron chi connectivity index (χ0n) is 21.7. The number of rotatable bonds is 26. The summed E-state index contributed by atoms with van der Waals surface area (Å²) in [4.78, 5) is 43.8. The second kappa shape index (κ2) is 23.2. The molecule has 0 bridgehead atoms. The van der Waals surface area contributed by atoms with Crippen LogP contribution >= 0.6 is 0 Å². The number of unbranched alkanes of at least 4 members (excludes halogenated alkanes) is 1. The number of amides is 1. The van der Waals surface area contributed by atoms with Crippen molar-refractivity contribution in [1.82, 2.24) is 5.32 Å². The van der Waals surface area contributed by atoms with Crippen molar-refractivity contribution in [3.63, 3.8) is 0 Å². The minimum atomic E-state index is -0.850. The highest BCUT2D eigenvalue weighted by molar-refractivity contribution is 5.83. The van der Waals surface area contributed by atoms with Gasteiger partial charge in [0.25, 0.3) is 0 Å². The van der Waals surface area contributed by atoms with E-state index < -0.39 is 5.97 Å². The fourth-order valence-corrected chi connectivity index (χ4v) is 2.95. The number of carbonyl (C=O) groups is 4. The van der Waals surface area contributed by atoms with Crippen molar-refractivity contribution in [3.05, 3.63) is 29.3 Å². The predicted octanol–water partition coefficient (Wildman–Crippen LogP) is 1.53. The second-order valence-electron chi connectivity index (χ2n) is 7.89. The number of hydrogen-bond acceptors (Lipinski definition) is 10. The van der Waals surface area contributed by atoms with Gasteiger partial charge in [-0.2, -0.15) is 0 Å². The minimum Gasteiger partial charge on any atom is -0.490 e. The quantitative estimate of drug-likeness (QED) is 0.130. The van der Waals surface area contributed by atoms with Crippen molar-refractivity contribution >= 4 is 24.4 Å². The van der Waals surface area contributed by atoms with Gasteiger partial charge in [-0.05, 0) is 25.0 Å². The van der Waals surface area contributed by atoms with E-state index in [9.17, 15) is 19.2 Å². The van der Waals surface area contributed by atoms with Crippen molar-refractivity contribution in [2.75, 3.05) is 79.2 Å². The molecule has 0 unspecified atom stereocenters. The van der Waals surface area contributed by atoms with Crippen molar-refractivity contribution in [1.29, 1.82) is 0 Å². The third-order valence-electron chi connectivity index (χ3n) is 4.89. The Bertz CT molecular complexity index is 803. The molecule has 0 radical (unpaired) electrons. The predicted molar refractivity (Wildman–Crippen MR) is 136 cm³/mol. The molecule has 0 saturated heterocycles. The lowest BCUT2D eigenvalue weighted by Crippen LogP contribution is -2.27. The zero-order valence-corrected chi connectivity index (χ0v) is 21.7. The molecule has 214 valence electrons. The first-order valence-electron chi connectivity index (χ1n) is 12.6. The van der Waals surface area contributed by atoms with E-state index in [0.717, 1.165) is 0 Å². The topological polar surface area (TPSA) is 156 Å². The summed E-state index contributed by atoms with van der Waals surface area (Å²) in [6, 6.07) is 4.60. The van der Waals surface area contributed by atoms with E-state index in [2.05, 4.69) is 5.32 Å². The van der Waals surface area contributed by atoms with Crippen LogP contribution in [0.5, 0.6) is 5.75 Å². The molecule has 0 atom stereocenters. The standard InChI is InChI=1S/C26H39NO11/c28-20-22-5-6-23(21-29)24(19-22)38-18-17-37-16-15-36-14-13-35-12-11-34-10-9-33-8-7-27-25(30)3-1-2-4-26(31)32/h5-6,19-21H,1-4,7-18H2,(H,27,30)(H,31,32). The molecular weight excluding hydrogens is 502 g/mol. The number of carbonyl (C=O) groups excluding carboxylic acids is 3. The summed E-state index contributed by atoms with van der Waals surface area (Å²) in [6.45, 7) is 4.68. The van der Waals surface area contributed by atoms with Gasteiger partial charge in [-0.15, -0.1) is 0 Å². The Labute approximate surface area is 222 Å². The Balaban J connectivity index is 1.80. The van der Waals surface area contributed by atoms with Gasteiger partial charge < -0.3 is 38.8 Å². The van der Waals surface area contributed by atoms with Crippen LogP contribution in [0.15, 0.2) is 18.2 Å². The summed E-state index contributed by atoms with van der Waals surface area (Å²) in [5.41, 5.74) is 0.808. The number of benzene rings is 1. The Hall–Kier alpha value is -2.90. The lowest BCUT2D eigenvalue weighted by atomic mass is 10.1. The minimum absolute atomic E-state index is 0.0807. The Morgan fingerprint density at radius 3 is 1.76 bits per heavy atom. The van der Waals surface area contributed by atoms with E-state index in [0.29, 0.717) is 121 Å². The van der Waals surface area contributed by atoms with Gasteiger partial charge in [-0.25, -0.2) is 0 Å². The van der Waals surface area contributed by atoms with Gasteiger partial charge in [0.2, 0.25) is 5.91 Å². The SMILES string of the molecule is O=Cc1ccc(C=O)c(OCCOCCOCCOCCOCCOCCNC(=O)CCCCC(=O)O)c1. The van der Waals surface area contributed by atoms with Crippen LogP contribution in [-0.4, -0.2) is 109 Å². The fourth-order valence-electron chi connectivity index (χ4n) is 2.95. The first-order chi connectivity index (χ1) is 18.6. The smallest absolute Gasteiger partial charge is 0.303 e. The molecule has 12 nitrogen and oxygen atoms in total. The molecule has 0 aromatic heterocycles. The normalized spacial score (nSPS) is 10.7. The molecule has 12 heteroatoms. The van der Waals surface area contributed by atoms with E-state index in [4.69, 9.17) is 33.5 Å². The number of aliphatic carboxylic acids is 1. The van der Waals surface area contributed by atoms with E-state index in [-0.39, 0.29) is 18.9 Å². The van der Waals surface area contributed by atoms with Gasteiger partial charge in [-0.1, -0.05) is 6.07 Å². The number of carboxylic acid groups (broad SMARTS) is 1. The molecular formula is C26H39NO11. The number of nitrogens with one attached hydrogen (secondary N) is 1. The van der Waals surface area contributed by atoms with Crippen LogP contribution in [0.2, 0.25) is 0 Å². The number of hydrogen-bond donors (Lipinski definition) is 2. The maximum atomic E-state index is 11.6. The molecule has 0 aliphatic heterocycles. The molecule has 1 amide bonds. The maximum absolute atomic E-state index is 11.6. The lowest BCUT2D eigenvalue weighted by molar-refractivity contribution is -0.137. The molecule has 38 heavy (non-hydrogen) atoms. The highest BCUT2D eigenvalue weighted by Gasteiger charge is 2.05. The first kappa shape index (κ1) is 33.1. The average molecular weight is 542 g/mol. The van der Waals surface area contributed by atoms with Crippen molar-refractivity contribution < 1.29 is 52.7 Å². The van der Waals surface area contributed by atoms with Crippen LogP contribution in [0.25, 0.3) is 0 Å². The van der Waals surface area contributed by atoms with Crippen LogP contribution < -0.4 is 10.1 Å². The van der Waals surface area contributed by atoms with Gasteiger partial charge >= 0.3 is 5.97 Å². The molecule has 0 heterocycles. The van der Waals surface area contributed by atoms with Gasteiger partial charge in [0.05, 0.1) is 71.6 Å². The van der Waals surface area contributed by atoms with E-state index in [1.54, 1.807) is 6.07 Å². The number of aldehydes is 2. The lowest BCUT2D eigenvalue weighted by Gasteiger charge is -2.10. The largest absolute Gasteiger partial charge is 0.490 e. The molecule has 0 spiro atoms. The zero-order chi connectivity index (χ0) is 27.7. The van der Waals surface area contributed by atoms with Crippen molar-refractivity contribution in [2.45, 2.75) is 25.7 Å². The van der Waals surface area contributed by atoms with Gasteiger partial charge in [0.15, 0.2) is 6.29 Å². The fraction of sp³-hybridized carbons (Fsp3) is 0.615. The monoisotopic (exact) mass is 541 g/mol. The van der Waals surface area contributed by atoms with Crippen LogP contribution in [0.4, 0.5) is 0 Å². The van der Waals surface area contributed by atoms with E-state index in [1.165, 1.54) is 12.1 Å². The van der Waals surface area contributed by atoms with Crippen LogP contribution in [0, 0.1) is 0 Å². The number of ether oxygens (including phenoxy) is 6. The van der Waals surface area contributed by atoms with Crippen molar-refractivity contribution in [3.8, 4) is 5.75 Å².